The second-order valence-corrected chi connectivity index (χ2v) is 8.70. The average Bonchev–Trinajstić information content (AvgIpc) is 2.86. The van der Waals surface area contributed by atoms with Crippen molar-refractivity contribution < 1.29 is 13.5 Å². The standard InChI is InChI=1S/C28H17Cl2F2NO2/c29-24-13-12-22-23(27(24)30)15-26(33(28(22)34)16-18-6-9-19(31)14-25(18)32)17-7-10-21(11-8-17)35-20-4-2-1-3-5-20/h1-15H,16H2. The van der Waals surface area contributed by atoms with E-state index in [0.29, 0.717) is 38.6 Å². The van der Waals surface area contributed by atoms with Gasteiger partial charge >= 0.3 is 0 Å². The molecule has 0 saturated heterocycles. The lowest BCUT2D eigenvalue weighted by Gasteiger charge is -2.17. The number of hydrogen-bond acceptors (Lipinski definition) is 2. The quantitative estimate of drug-likeness (QED) is 0.240. The Hall–Kier alpha value is -3.67. The maximum Gasteiger partial charge on any atom is 0.259 e. The van der Waals surface area contributed by atoms with E-state index in [2.05, 4.69) is 0 Å². The van der Waals surface area contributed by atoms with E-state index < -0.39 is 11.6 Å². The van der Waals surface area contributed by atoms with E-state index in [9.17, 15) is 13.6 Å². The van der Waals surface area contributed by atoms with Gasteiger partial charge in [0.05, 0.1) is 22.3 Å². The van der Waals surface area contributed by atoms with Crippen LogP contribution in [0.2, 0.25) is 10.0 Å². The second-order valence-electron chi connectivity index (χ2n) is 7.92. The van der Waals surface area contributed by atoms with Crippen LogP contribution in [0.15, 0.2) is 95.8 Å². The van der Waals surface area contributed by atoms with Gasteiger partial charge in [0.15, 0.2) is 0 Å². The normalized spacial score (nSPS) is 11.1. The highest BCUT2D eigenvalue weighted by Crippen LogP contribution is 2.33. The molecule has 7 heteroatoms. The van der Waals surface area contributed by atoms with Crippen LogP contribution in [0.1, 0.15) is 5.56 Å². The molecule has 0 amide bonds. The van der Waals surface area contributed by atoms with Crippen molar-refractivity contribution in [2.45, 2.75) is 6.54 Å². The molecule has 0 unspecified atom stereocenters. The summed E-state index contributed by atoms with van der Waals surface area (Å²) in [5.74, 6) is -0.118. The largest absolute Gasteiger partial charge is 0.457 e. The monoisotopic (exact) mass is 507 g/mol. The van der Waals surface area contributed by atoms with Gasteiger partial charge in [0.2, 0.25) is 0 Å². The zero-order chi connectivity index (χ0) is 24.5. The first-order chi connectivity index (χ1) is 16.9. The second kappa shape index (κ2) is 9.53. The van der Waals surface area contributed by atoms with Crippen LogP contribution in [0.25, 0.3) is 22.0 Å². The molecule has 0 aliphatic heterocycles. The average molecular weight is 508 g/mol. The van der Waals surface area contributed by atoms with E-state index in [1.165, 1.54) is 10.6 Å². The molecule has 0 aliphatic carbocycles. The summed E-state index contributed by atoms with van der Waals surface area (Å²) < 4.78 is 35.2. The van der Waals surface area contributed by atoms with Gasteiger partial charge in [-0.05, 0) is 66.2 Å². The molecule has 1 aromatic heterocycles. The molecule has 0 saturated carbocycles. The van der Waals surface area contributed by atoms with Crippen molar-refractivity contribution in [3.63, 3.8) is 0 Å². The molecule has 3 nitrogen and oxygen atoms in total. The third-order valence-electron chi connectivity index (χ3n) is 5.65. The summed E-state index contributed by atoms with van der Waals surface area (Å²) in [5.41, 5.74) is 0.993. The van der Waals surface area contributed by atoms with E-state index in [1.54, 1.807) is 42.5 Å². The lowest BCUT2D eigenvalue weighted by molar-refractivity contribution is 0.483. The highest BCUT2D eigenvalue weighted by atomic mass is 35.5. The number of fused-ring (bicyclic) bond motifs is 1. The first-order valence-corrected chi connectivity index (χ1v) is 11.4. The van der Waals surface area contributed by atoms with Crippen molar-refractivity contribution in [1.82, 2.24) is 4.57 Å². The van der Waals surface area contributed by atoms with Crippen LogP contribution >= 0.6 is 23.2 Å². The van der Waals surface area contributed by atoms with Crippen molar-refractivity contribution in [2.75, 3.05) is 0 Å². The van der Waals surface area contributed by atoms with Crippen molar-refractivity contribution >= 4 is 34.0 Å². The summed E-state index contributed by atoms with van der Waals surface area (Å²) in [7, 11) is 0. The van der Waals surface area contributed by atoms with Crippen LogP contribution in [0, 0.1) is 11.6 Å². The zero-order valence-electron chi connectivity index (χ0n) is 18.1. The lowest BCUT2D eigenvalue weighted by atomic mass is 10.1. The summed E-state index contributed by atoms with van der Waals surface area (Å²) in [5, 5.41) is 1.40. The van der Waals surface area contributed by atoms with Crippen molar-refractivity contribution in [3.05, 3.63) is 129 Å². The fourth-order valence-corrected chi connectivity index (χ4v) is 4.28. The Kier molecular flexibility index (Phi) is 6.29. The molecule has 0 atom stereocenters. The van der Waals surface area contributed by atoms with Gasteiger partial charge in [0, 0.05) is 22.4 Å². The molecule has 4 aromatic carbocycles. The summed E-state index contributed by atoms with van der Waals surface area (Å²) in [6, 6.07) is 24.7. The number of para-hydroxylation sites is 1. The SMILES string of the molecule is O=c1c2ccc(Cl)c(Cl)c2cc(-c2ccc(Oc3ccccc3)cc2)n1Cc1ccc(F)cc1F. The molecule has 174 valence electrons. The van der Waals surface area contributed by atoms with Gasteiger partial charge in [0.25, 0.3) is 5.56 Å². The fraction of sp³-hybridized carbons (Fsp3) is 0.0357. The molecule has 0 radical (unpaired) electrons. The molecule has 0 aliphatic rings. The van der Waals surface area contributed by atoms with Crippen LogP contribution in [-0.4, -0.2) is 4.57 Å². The minimum Gasteiger partial charge on any atom is -0.457 e. The molecule has 0 bridgehead atoms. The van der Waals surface area contributed by atoms with Gasteiger partial charge in [-0.3, -0.25) is 4.79 Å². The Morgan fingerprint density at radius 3 is 2.20 bits per heavy atom. The summed E-state index contributed by atoms with van der Waals surface area (Å²) in [6.07, 6.45) is 0. The Morgan fingerprint density at radius 1 is 0.771 bits per heavy atom. The topological polar surface area (TPSA) is 31.2 Å². The number of ether oxygens (including phenoxy) is 1. The van der Waals surface area contributed by atoms with Gasteiger partial charge in [-0.2, -0.15) is 0 Å². The first kappa shape index (κ1) is 23.1. The molecule has 0 N–H and O–H groups in total. The van der Waals surface area contributed by atoms with Crippen molar-refractivity contribution in [1.29, 1.82) is 0 Å². The number of aromatic nitrogens is 1. The summed E-state index contributed by atoms with van der Waals surface area (Å²) >= 11 is 12.6. The first-order valence-electron chi connectivity index (χ1n) is 10.7. The molecule has 35 heavy (non-hydrogen) atoms. The predicted octanol–water partition coefficient (Wildman–Crippen LogP) is 8.09. The Morgan fingerprint density at radius 2 is 1.49 bits per heavy atom. The van der Waals surface area contributed by atoms with E-state index >= 15 is 0 Å². The smallest absolute Gasteiger partial charge is 0.259 e. The highest BCUT2D eigenvalue weighted by Gasteiger charge is 2.16. The third kappa shape index (κ3) is 4.65. The molecule has 5 rings (SSSR count). The van der Waals surface area contributed by atoms with Gasteiger partial charge in [0.1, 0.15) is 23.1 Å². The Balaban J connectivity index is 1.64. The minimum atomic E-state index is -0.733. The van der Waals surface area contributed by atoms with E-state index in [0.717, 1.165) is 12.1 Å². The zero-order valence-corrected chi connectivity index (χ0v) is 19.7. The van der Waals surface area contributed by atoms with E-state index in [4.69, 9.17) is 27.9 Å². The van der Waals surface area contributed by atoms with E-state index in [1.807, 2.05) is 30.3 Å². The highest BCUT2D eigenvalue weighted by molar-refractivity contribution is 6.45. The maximum absolute atomic E-state index is 14.5. The van der Waals surface area contributed by atoms with Crippen molar-refractivity contribution in [3.8, 4) is 22.8 Å². The molecule has 0 spiro atoms. The van der Waals surface area contributed by atoms with Crippen LogP contribution in [0.3, 0.4) is 0 Å². The number of hydrogen-bond donors (Lipinski definition) is 0. The Bertz CT molecular complexity index is 1600. The maximum atomic E-state index is 14.5. The van der Waals surface area contributed by atoms with Crippen LogP contribution in [0.5, 0.6) is 11.5 Å². The number of rotatable bonds is 5. The minimum absolute atomic E-state index is 0.0985. The van der Waals surface area contributed by atoms with Crippen LogP contribution in [0.4, 0.5) is 8.78 Å². The molecule has 0 fully saturated rings. The molecule has 5 aromatic rings. The lowest BCUT2D eigenvalue weighted by Crippen LogP contribution is -2.23. The van der Waals surface area contributed by atoms with Gasteiger partial charge in [-0.1, -0.05) is 47.5 Å². The van der Waals surface area contributed by atoms with Crippen LogP contribution in [-0.2, 0) is 6.54 Å². The third-order valence-corrected chi connectivity index (χ3v) is 6.47. The Labute approximate surface area is 209 Å². The predicted molar refractivity (Wildman–Crippen MR) is 136 cm³/mol. The molecular weight excluding hydrogens is 491 g/mol. The van der Waals surface area contributed by atoms with Gasteiger partial charge in [-0.25, -0.2) is 8.78 Å². The number of halogens is 4. The number of pyridine rings is 1. The molecular formula is C28H17Cl2F2NO2. The van der Waals surface area contributed by atoms with Crippen molar-refractivity contribution in [2.24, 2.45) is 0 Å². The summed E-state index contributed by atoms with van der Waals surface area (Å²) in [6.45, 7) is -0.0985. The number of benzene rings is 4. The molecule has 1 heterocycles. The summed E-state index contributed by atoms with van der Waals surface area (Å²) in [4.78, 5) is 13.5. The van der Waals surface area contributed by atoms with Crippen LogP contribution < -0.4 is 10.3 Å². The fourth-order valence-electron chi connectivity index (χ4n) is 3.90. The van der Waals surface area contributed by atoms with Gasteiger partial charge in [-0.15, -0.1) is 0 Å². The van der Waals surface area contributed by atoms with E-state index in [-0.39, 0.29) is 22.7 Å². The van der Waals surface area contributed by atoms with Gasteiger partial charge < -0.3 is 9.30 Å². The number of nitrogens with zero attached hydrogens (tertiary/aromatic N) is 1.